The summed E-state index contributed by atoms with van der Waals surface area (Å²) < 4.78 is 74.1. The maximum atomic E-state index is 13.6. The third kappa shape index (κ3) is 5.61. The highest BCUT2D eigenvalue weighted by molar-refractivity contribution is 7.85. The molecule has 0 aromatic heterocycles. The number of benzene rings is 2. The highest BCUT2D eigenvalue weighted by Crippen LogP contribution is 2.35. The van der Waals surface area contributed by atoms with Crippen molar-refractivity contribution in [3.05, 3.63) is 53.1 Å². The standard InChI is InChI=1S/C26H31F3N3O4S/c1-18-6-8-21(22(15-18)26(27,28)29)25(33)31-13-11-30(12-14-31)23-16-20(7-9-24(23)36-3)37(34,35)32-10-4-5-19(2)17-32/h6-9,15-17,19H,4-5,10-14H2,1-3H3/q+1. The number of nitrogens with zero attached hydrogens (tertiary/aromatic N) is 3. The van der Waals surface area contributed by atoms with E-state index in [4.69, 9.17) is 4.74 Å². The maximum Gasteiger partial charge on any atom is 0.417 e. The third-order valence-corrected chi connectivity index (χ3v) is 8.61. The quantitative estimate of drug-likeness (QED) is 0.534. The van der Waals surface area contributed by atoms with Gasteiger partial charge in [0.05, 0.1) is 23.9 Å². The van der Waals surface area contributed by atoms with Crippen molar-refractivity contribution in [3.8, 4) is 5.75 Å². The average Bonchev–Trinajstić information content (AvgIpc) is 2.87. The Morgan fingerprint density at radius 2 is 1.78 bits per heavy atom. The van der Waals surface area contributed by atoms with Gasteiger partial charge in [-0.15, -0.1) is 3.98 Å². The second kappa shape index (κ2) is 10.4. The minimum Gasteiger partial charge on any atom is -0.495 e. The predicted molar refractivity (Wildman–Crippen MR) is 134 cm³/mol. The van der Waals surface area contributed by atoms with E-state index >= 15 is 0 Å². The summed E-state index contributed by atoms with van der Waals surface area (Å²) >= 11 is 0. The van der Waals surface area contributed by atoms with Crippen LogP contribution in [0.4, 0.5) is 18.9 Å². The number of rotatable bonds is 5. The monoisotopic (exact) mass is 538 g/mol. The first-order valence-electron chi connectivity index (χ1n) is 12.2. The summed E-state index contributed by atoms with van der Waals surface area (Å²) in [5.74, 6) is -0.0316. The van der Waals surface area contributed by atoms with Gasteiger partial charge < -0.3 is 14.5 Å². The van der Waals surface area contributed by atoms with Gasteiger partial charge in [0.2, 0.25) is 0 Å². The van der Waals surface area contributed by atoms with E-state index in [-0.39, 0.29) is 29.5 Å². The van der Waals surface area contributed by atoms with E-state index in [9.17, 15) is 26.4 Å². The lowest BCUT2D eigenvalue weighted by molar-refractivity contribution is -0.370. The maximum absolute atomic E-state index is 13.6. The van der Waals surface area contributed by atoms with Crippen LogP contribution in [0.15, 0.2) is 41.3 Å². The highest BCUT2D eigenvalue weighted by atomic mass is 32.2. The van der Waals surface area contributed by atoms with E-state index in [2.05, 4.69) is 0 Å². The number of hydrogen-bond acceptors (Lipinski definition) is 5. The molecule has 4 rings (SSSR count). The highest BCUT2D eigenvalue weighted by Gasteiger charge is 2.37. The van der Waals surface area contributed by atoms with Crippen LogP contribution in [-0.4, -0.2) is 69.3 Å². The van der Waals surface area contributed by atoms with Gasteiger partial charge in [-0.25, -0.2) is 0 Å². The molecule has 0 saturated carbocycles. The SMILES string of the molecule is COc1ccc(S(=O)(=O)[N+]2=CC(C)CCC2)cc1N1CCN(C(=O)c2ccc(C)cc2C(F)(F)F)CC1. The van der Waals surface area contributed by atoms with Gasteiger partial charge >= 0.3 is 16.2 Å². The van der Waals surface area contributed by atoms with Gasteiger partial charge in [-0.05, 0) is 43.7 Å². The van der Waals surface area contributed by atoms with Crippen molar-refractivity contribution in [2.75, 3.05) is 44.7 Å². The molecular weight excluding hydrogens is 507 g/mol. The number of carbonyl (C=O) groups is 1. The van der Waals surface area contributed by atoms with Crippen LogP contribution in [-0.2, 0) is 16.2 Å². The largest absolute Gasteiger partial charge is 0.495 e. The number of anilines is 1. The zero-order valence-electron chi connectivity index (χ0n) is 21.1. The molecule has 2 heterocycles. The number of amides is 1. The summed E-state index contributed by atoms with van der Waals surface area (Å²) in [4.78, 5) is 16.5. The minimum absolute atomic E-state index is 0.140. The van der Waals surface area contributed by atoms with Crippen LogP contribution in [0.2, 0.25) is 0 Å². The van der Waals surface area contributed by atoms with Crippen LogP contribution in [0.3, 0.4) is 0 Å². The molecular formula is C26H31F3N3O4S+. The number of sulfonamides is 1. The molecule has 37 heavy (non-hydrogen) atoms. The smallest absolute Gasteiger partial charge is 0.417 e. The molecule has 1 saturated heterocycles. The number of piperazine rings is 1. The number of carbonyl (C=O) groups excluding carboxylic acids is 1. The molecule has 1 atom stereocenters. The number of ether oxygens (including phenoxy) is 1. The van der Waals surface area contributed by atoms with Gasteiger partial charge in [0.1, 0.15) is 10.6 Å². The Hall–Kier alpha value is -3.08. The number of methoxy groups -OCH3 is 1. The van der Waals surface area contributed by atoms with Gasteiger partial charge in [0, 0.05) is 38.5 Å². The summed E-state index contributed by atoms with van der Waals surface area (Å²) in [5.41, 5.74) is -0.327. The second-order valence-corrected chi connectivity index (χ2v) is 11.4. The molecule has 1 amide bonds. The van der Waals surface area contributed by atoms with Crippen molar-refractivity contribution in [2.45, 2.75) is 37.8 Å². The van der Waals surface area contributed by atoms with E-state index in [1.807, 2.05) is 11.8 Å². The molecule has 0 bridgehead atoms. The van der Waals surface area contributed by atoms with Crippen LogP contribution in [0.5, 0.6) is 5.75 Å². The molecule has 0 radical (unpaired) electrons. The van der Waals surface area contributed by atoms with Crippen molar-refractivity contribution in [3.63, 3.8) is 0 Å². The predicted octanol–water partition coefficient (Wildman–Crippen LogP) is 4.19. The van der Waals surface area contributed by atoms with Gasteiger partial charge in [0.15, 0.2) is 12.8 Å². The fourth-order valence-corrected chi connectivity index (χ4v) is 6.32. The molecule has 2 aromatic carbocycles. The van der Waals surface area contributed by atoms with Crippen molar-refractivity contribution in [2.24, 2.45) is 5.92 Å². The van der Waals surface area contributed by atoms with Crippen molar-refractivity contribution in [1.29, 1.82) is 0 Å². The summed E-state index contributed by atoms with van der Waals surface area (Å²) in [6.07, 6.45) is -1.17. The van der Waals surface area contributed by atoms with E-state index in [1.54, 1.807) is 25.3 Å². The first-order valence-corrected chi connectivity index (χ1v) is 13.6. The van der Waals surface area contributed by atoms with E-state index in [1.165, 1.54) is 34.2 Å². The minimum atomic E-state index is -4.64. The second-order valence-electron chi connectivity index (χ2n) is 9.54. The molecule has 1 fully saturated rings. The lowest BCUT2D eigenvalue weighted by Gasteiger charge is -2.37. The number of halogens is 3. The Bertz CT molecular complexity index is 1320. The number of hydrogen-bond donors (Lipinski definition) is 0. The Morgan fingerprint density at radius 3 is 2.41 bits per heavy atom. The Morgan fingerprint density at radius 1 is 1.08 bits per heavy atom. The zero-order valence-corrected chi connectivity index (χ0v) is 21.9. The molecule has 0 spiro atoms. The lowest BCUT2D eigenvalue weighted by Crippen LogP contribution is -2.49. The Kier molecular flexibility index (Phi) is 7.55. The summed E-state index contributed by atoms with van der Waals surface area (Å²) in [6, 6.07) is 8.40. The average molecular weight is 539 g/mol. The van der Waals surface area contributed by atoms with Gasteiger partial charge in [-0.1, -0.05) is 18.6 Å². The normalized spacial score (nSPS) is 19.0. The van der Waals surface area contributed by atoms with Crippen molar-refractivity contribution >= 4 is 27.8 Å². The number of alkyl halides is 3. The number of aryl methyl sites for hydroxylation is 1. The van der Waals surface area contributed by atoms with Gasteiger partial charge in [-0.3, -0.25) is 4.79 Å². The Balaban J connectivity index is 1.56. The molecule has 2 aliphatic heterocycles. The summed E-state index contributed by atoms with van der Waals surface area (Å²) in [7, 11) is -2.25. The lowest BCUT2D eigenvalue weighted by atomic mass is 10.0. The molecule has 2 aromatic rings. The molecule has 1 unspecified atom stereocenters. The van der Waals surface area contributed by atoms with Crippen LogP contribution in [0.25, 0.3) is 0 Å². The first kappa shape index (κ1) is 27.0. The molecule has 11 heteroatoms. The van der Waals surface area contributed by atoms with Crippen LogP contribution < -0.4 is 9.64 Å². The van der Waals surface area contributed by atoms with Crippen LogP contribution >= 0.6 is 0 Å². The molecule has 0 N–H and O–H groups in total. The fourth-order valence-electron chi connectivity index (χ4n) is 4.81. The van der Waals surface area contributed by atoms with Crippen molar-refractivity contribution in [1.82, 2.24) is 4.90 Å². The molecule has 2 aliphatic rings. The topological polar surface area (TPSA) is 69.9 Å². The van der Waals surface area contributed by atoms with Gasteiger partial charge in [-0.2, -0.15) is 21.6 Å². The van der Waals surface area contributed by atoms with Crippen molar-refractivity contribution < 1.29 is 35.1 Å². The van der Waals surface area contributed by atoms with E-state index < -0.39 is 27.7 Å². The fraction of sp³-hybridized carbons (Fsp3) is 0.462. The molecule has 200 valence electrons. The first-order chi connectivity index (χ1) is 17.4. The summed E-state index contributed by atoms with van der Waals surface area (Å²) in [5, 5.41) is 0. The van der Waals surface area contributed by atoms with Crippen LogP contribution in [0, 0.1) is 12.8 Å². The van der Waals surface area contributed by atoms with Gasteiger partial charge in [0.25, 0.3) is 5.91 Å². The van der Waals surface area contributed by atoms with E-state index in [0.29, 0.717) is 36.6 Å². The zero-order chi connectivity index (χ0) is 27.0. The molecule has 0 aliphatic carbocycles. The Labute approximate surface area is 215 Å². The van der Waals surface area contributed by atoms with E-state index in [0.717, 1.165) is 18.9 Å². The molecule has 7 nitrogen and oxygen atoms in total. The van der Waals surface area contributed by atoms with Crippen LogP contribution in [0.1, 0.15) is 41.3 Å². The third-order valence-electron chi connectivity index (χ3n) is 6.83. The summed E-state index contributed by atoms with van der Waals surface area (Å²) in [6.45, 7) is 4.94.